The summed E-state index contributed by atoms with van der Waals surface area (Å²) in [6.07, 6.45) is 3.41. The van der Waals surface area contributed by atoms with Gasteiger partial charge in [-0.3, -0.25) is 9.48 Å². The maximum absolute atomic E-state index is 14.0. The first-order valence-corrected chi connectivity index (χ1v) is 11.9. The number of alkyl halides is 2. The van der Waals surface area contributed by atoms with E-state index in [-0.39, 0.29) is 47.1 Å². The number of aliphatic hydroxyl groups is 1. The number of rotatable bonds is 6. The molecule has 0 spiro atoms. The second-order valence-corrected chi connectivity index (χ2v) is 9.34. The van der Waals surface area contributed by atoms with Crippen LogP contribution in [-0.4, -0.2) is 67.8 Å². The molecule has 2 fully saturated rings. The van der Waals surface area contributed by atoms with Gasteiger partial charge in [0, 0.05) is 32.1 Å². The van der Waals surface area contributed by atoms with Crippen LogP contribution in [-0.2, 0) is 4.74 Å². The van der Waals surface area contributed by atoms with Crippen LogP contribution in [0.5, 0.6) is 0 Å². The molecule has 1 saturated heterocycles. The van der Waals surface area contributed by atoms with E-state index in [4.69, 9.17) is 10.5 Å². The molecule has 0 aromatic carbocycles. The van der Waals surface area contributed by atoms with Crippen molar-refractivity contribution in [1.29, 1.82) is 0 Å². The molecule has 0 radical (unpaired) electrons. The highest BCUT2D eigenvalue weighted by Gasteiger charge is 2.31. The molecule has 5 rings (SSSR count). The fourth-order valence-corrected chi connectivity index (χ4v) is 5.07. The Bertz CT molecular complexity index is 1220. The molecule has 1 aliphatic heterocycles. The van der Waals surface area contributed by atoms with E-state index in [1.165, 1.54) is 10.7 Å². The summed E-state index contributed by atoms with van der Waals surface area (Å²) in [6.45, 7) is 3.92. The lowest BCUT2D eigenvalue weighted by molar-refractivity contribution is 0.0529. The van der Waals surface area contributed by atoms with Crippen LogP contribution in [0.15, 0.2) is 18.5 Å². The Kier molecular flexibility index (Phi) is 6.41. The molecular formula is C23H29F2N7O3. The summed E-state index contributed by atoms with van der Waals surface area (Å²) in [7, 11) is 0. The van der Waals surface area contributed by atoms with Gasteiger partial charge in [-0.25, -0.2) is 18.3 Å². The van der Waals surface area contributed by atoms with Gasteiger partial charge in [0.25, 0.3) is 12.3 Å². The Labute approximate surface area is 200 Å². The van der Waals surface area contributed by atoms with E-state index in [2.05, 4.69) is 15.2 Å². The second kappa shape index (κ2) is 9.50. The molecule has 1 aliphatic carbocycles. The van der Waals surface area contributed by atoms with Gasteiger partial charge in [0.15, 0.2) is 5.65 Å². The molecule has 10 nitrogen and oxygen atoms in total. The van der Waals surface area contributed by atoms with Crippen LogP contribution >= 0.6 is 0 Å². The third-order valence-electron chi connectivity index (χ3n) is 6.95. The van der Waals surface area contributed by atoms with Crippen LogP contribution in [0.1, 0.15) is 61.1 Å². The molecule has 0 bridgehead atoms. The summed E-state index contributed by atoms with van der Waals surface area (Å²) < 4.78 is 36.6. The average molecular weight is 490 g/mol. The van der Waals surface area contributed by atoms with Gasteiger partial charge in [0.05, 0.1) is 24.3 Å². The molecule has 12 heteroatoms. The molecule has 3 aromatic rings. The predicted octanol–water partition coefficient (Wildman–Crippen LogP) is 2.58. The molecule has 35 heavy (non-hydrogen) atoms. The van der Waals surface area contributed by atoms with E-state index in [1.54, 1.807) is 16.9 Å². The normalized spacial score (nSPS) is 23.3. The van der Waals surface area contributed by atoms with E-state index < -0.39 is 18.0 Å². The lowest BCUT2D eigenvalue weighted by Crippen LogP contribution is -2.41. The van der Waals surface area contributed by atoms with Gasteiger partial charge in [-0.05, 0) is 44.6 Å². The standard InChI is InChI=1S/C23H29F2N7O3/c1-13-10-30(8-9-35-13)17-6-7-31-23(27-17)18(22(26)34)19(28-31)16-11-32(29-20(16)21(24)25)15-4-2-14(12-33)3-5-15/h6-7,11,13-15,21,33H,2-5,8-10,12H2,1H3,(H2,26,34)/t13-,14?,15?/m1/s1. The molecule has 1 amide bonds. The zero-order valence-electron chi connectivity index (χ0n) is 19.5. The Balaban J connectivity index is 1.56. The zero-order chi connectivity index (χ0) is 24.7. The van der Waals surface area contributed by atoms with Crippen molar-refractivity contribution in [3.63, 3.8) is 0 Å². The molecule has 3 aromatic heterocycles. The Morgan fingerprint density at radius 2 is 2.06 bits per heavy atom. The highest BCUT2D eigenvalue weighted by Crippen LogP contribution is 2.37. The van der Waals surface area contributed by atoms with Crippen molar-refractivity contribution < 1.29 is 23.4 Å². The number of primary amides is 1. The highest BCUT2D eigenvalue weighted by molar-refractivity contribution is 6.05. The van der Waals surface area contributed by atoms with Gasteiger partial charge in [0.1, 0.15) is 22.8 Å². The molecule has 1 atom stereocenters. The van der Waals surface area contributed by atoms with Gasteiger partial charge in [-0.15, -0.1) is 0 Å². The summed E-state index contributed by atoms with van der Waals surface area (Å²) >= 11 is 0. The van der Waals surface area contributed by atoms with Crippen LogP contribution < -0.4 is 10.6 Å². The minimum atomic E-state index is -2.86. The molecule has 0 unspecified atom stereocenters. The first-order valence-electron chi connectivity index (χ1n) is 11.9. The summed E-state index contributed by atoms with van der Waals surface area (Å²) in [5.74, 6) is 0.0592. The lowest BCUT2D eigenvalue weighted by Gasteiger charge is -2.31. The minimum absolute atomic E-state index is 0.0152. The molecule has 3 N–H and O–H groups in total. The quantitative estimate of drug-likeness (QED) is 0.545. The third kappa shape index (κ3) is 4.47. The smallest absolute Gasteiger partial charge is 0.282 e. The fraction of sp³-hybridized carbons (Fsp3) is 0.565. The van der Waals surface area contributed by atoms with Gasteiger partial charge in [-0.1, -0.05) is 0 Å². The number of hydrogen-bond acceptors (Lipinski definition) is 7. The lowest BCUT2D eigenvalue weighted by atomic mass is 9.87. The Hall–Kier alpha value is -3.12. The number of anilines is 1. The third-order valence-corrected chi connectivity index (χ3v) is 6.95. The first kappa shape index (κ1) is 23.6. The number of amides is 1. The van der Waals surface area contributed by atoms with Crippen molar-refractivity contribution in [2.75, 3.05) is 31.2 Å². The number of morpholine rings is 1. The van der Waals surface area contributed by atoms with Crippen LogP contribution in [0.25, 0.3) is 16.9 Å². The van der Waals surface area contributed by atoms with Crippen LogP contribution in [0.3, 0.4) is 0 Å². The average Bonchev–Trinajstić information content (AvgIpc) is 3.46. The van der Waals surface area contributed by atoms with Crippen LogP contribution in [0.2, 0.25) is 0 Å². The monoisotopic (exact) mass is 489 g/mol. The van der Waals surface area contributed by atoms with Crippen molar-refractivity contribution in [3.8, 4) is 11.3 Å². The zero-order valence-corrected chi connectivity index (χ0v) is 19.5. The number of carbonyl (C=O) groups is 1. The maximum atomic E-state index is 14.0. The fourth-order valence-electron chi connectivity index (χ4n) is 5.07. The Morgan fingerprint density at radius 1 is 1.29 bits per heavy atom. The topological polar surface area (TPSA) is 124 Å². The number of aliphatic hydroxyl groups excluding tert-OH is 1. The van der Waals surface area contributed by atoms with E-state index in [0.717, 1.165) is 25.7 Å². The number of ether oxygens (including phenoxy) is 1. The summed E-state index contributed by atoms with van der Waals surface area (Å²) in [5, 5.41) is 18.0. The molecule has 1 saturated carbocycles. The number of fused-ring (bicyclic) bond motifs is 1. The minimum Gasteiger partial charge on any atom is -0.396 e. The number of carbonyl (C=O) groups excluding carboxylic acids is 1. The number of halogens is 2. The first-order chi connectivity index (χ1) is 16.9. The van der Waals surface area contributed by atoms with E-state index in [1.807, 2.05) is 11.8 Å². The van der Waals surface area contributed by atoms with Gasteiger partial charge in [-0.2, -0.15) is 10.2 Å². The van der Waals surface area contributed by atoms with Crippen molar-refractivity contribution >= 4 is 17.4 Å². The van der Waals surface area contributed by atoms with Crippen LogP contribution in [0, 0.1) is 5.92 Å². The van der Waals surface area contributed by atoms with Gasteiger partial charge in [0.2, 0.25) is 0 Å². The number of nitrogens with two attached hydrogens (primary N) is 1. The molecule has 2 aliphatic rings. The number of nitrogens with zero attached hydrogens (tertiary/aromatic N) is 6. The van der Waals surface area contributed by atoms with Crippen LogP contribution in [0.4, 0.5) is 14.6 Å². The summed E-state index contributed by atoms with van der Waals surface area (Å²) in [6, 6.07) is 1.70. The van der Waals surface area contributed by atoms with Crippen molar-refractivity contribution in [1.82, 2.24) is 24.4 Å². The van der Waals surface area contributed by atoms with Crippen molar-refractivity contribution in [3.05, 3.63) is 29.7 Å². The number of hydrogen-bond donors (Lipinski definition) is 2. The Morgan fingerprint density at radius 3 is 2.71 bits per heavy atom. The van der Waals surface area contributed by atoms with E-state index in [0.29, 0.717) is 25.5 Å². The molecule has 188 valence electrons. The molecule has 4 heterocycles. The number of aromatic nitrogens is 5. The maximum Gasteiger partial charge on any atom is 0.282 e. The largest absolute Gasteiger partial charge is 0.396 e. The van der Waals surface area contributed by atoms with Gasteiger partial charge < -0.3 is 20.5 Å². The second-order valence-electron chi connectivity index (χ2n) is 9.34. The van der Waals surface area contributed by atoms with E-state index in [9.17, 15) is 18.7 Å². The van der Waals surface area contributed by atoms with Crippen molar-refractivity contribution in [2.45, 2.75) is 51.2 Å². The van der Waals surface area contributed by atoms with Gasteiger partial charge >= 0.3 is 0 Å². The predicted molar refractivity (Wildman–Crippen MR) is 123 cm³/mol. The van der Waals surface area contributed by atoms with Crippen molar-refractivity contribution in [2.24, 2.45) is 11.7 Å². The summed E-state index contributed by atoms with van der Waals surface area (Å²) in [4.78, 5) is 19.2. The van der Waals surface area contributed by atoms with E-state index >= 15 is 0 Å². The SMILES string of the molecule is C[C@@H]1CN(c2ccn3nc(-c4cn(C5CCC(CO)CC5)nc4C(F)F)c(C(N)=O)c3n2)CCO1. The molecular weight excluding hydrogens is 460 g/mol. The highest BCUT2D eigenvalue weighted by atomic mass is 19.3. The summed E-state index contributed by atoms with van der Waals surface area (Å²) in [5.41, 5.74) is 5.59.